The Morgan fingerprint density at radius 2 is 1.44 bits per heavy atom. The number of fused-ring (bicyclic) bond motifs is 1. The molecule has 0 saturated carbocycles. The summed E-state index contributed by atoms with van der Waals surface area (Å²) in [5.74, 6) is 0. The molecule has 0 radical (unpaired) electrons. The molecule has 0 aliphatic carbocycles. The number of hydrogen-bond acceptors (Lipinski definition) is 3. The number of aliphatic hydroxyl groups is 1. The van der Waals surface area contributed by atoms with E-state index in [0.717, 1.165) is 15.7 Å². The first-order chi connectivity index (χ1) is 13.0. The van der Waals surface area contributed by atoms with Crippen LogP contribution in [0.25, 0.3) is 5.69 Å². The second-order valence-corrected chi connectivity index (χ2v) is 6.88. The van der Waals surface area contributed by atoms with Crippen LogP contribution in [0.15, 0.2) is 81.9 Å². The molecular weight excluding hydrogens is 342 g/mol. The van der Waals surface area contributed by atoms with Crippen molar-refractivity contribution in [1.82, 2.24) is 13.9 Å². The molecule has 0 spiro atoms. The van der Waals surface area contributed by atoms with Gasteiger partial charge in [0, 0.05) is 0 Å². The van der Waals surface area contributed by atoms with Crippen molar-refractivity contribution in [3.63, 3.8) is 0 Å². The van der Waals surface area contributed by atoms with Crippen LogP contribution in [0, 0.1) is 0 Å². The van der Waals surface area contributed by atoms with Crippen LogP contribution in [0.2, 0.25) is 0 Å². The molecular formula is C21H21N3O3. The van der Waals surface area contributed by atoms with Gasteiger partial charge < -0.3 is 5.11 Å². The number of benzene rings is 2. The second-order valence-electron chi connectivity index (χ2n) is 6.88. The molecule has 1 aliphatic heterocycles. The predicted molar refractivity (Wildman–Crippen MR) is 103 cm³/mol. The van der Waals surface area contributed by atoms with Crippen LogP contribution in [0.1, 0.15) is 31.5 Å². The molecule has 0 bridgehead atoms. The summed E-state index contributed by atoms with van der Waals surface area (Å²) in [6.07, 6.45) is 1.14. The Morgan fingerprint density at radius 1 is 0.889 bits per heavy atom. The topological polar surface area (TPSA) is 69.2 Å². The van der Waals surface area contributed by atoms with Crippen molar-refractivity contribution in [1.29, 1.82) is 0 Å². The van der Waals surface area contributed by atoms with Crippen LogP contribution >= 0.6 is 0 Å². The van der Waals surface area contributed by atoms with Gasteiger partial charge in [0.2, 0.25) is 0 Å². The molecule has 1 aromatic heterocycles. The van der Waals surface area contributed by atoms with Crippen LogP contribution in [-0.2, 0) is 0 Å². The molecule has 6 nitrogen and oxygen atoms in total. The molecule has 0 fully saturated rings. The van der Waals surface area contributed by atoms with Crippen molar-refractivity contribution >= 4 is 0 Å². The van der Waals surface area contributed by atoms with E-state index in [1.807, 2.05) is 49.4 Å². The van der Waals surface area contributed by atoms with Crippen LogP contribution < -0.4 is 11.4 Å². The van der Waals surface area contributed by atoms with Crippen LogP contribution in [0.4, 0.5) is 0 Å². The summed E-state index contributed by atoms with van der Waals surface area (Å²) in [5, 5.41) is 10.3. The van der Waals surface area contributed by atoms with E-state index in [9.17, 15) is 14.7 Å². The van der Waals surface area contributed by atoms with Crippen molar-refractivity contribution in [3.8, 4) is 5.69 Å². The molecule has 6 heteroatoms. The van der Waals surface area contributed by atoms with E-state index in [-0.39, 0.29) is 0 Å². The number of para-hydroxylation sites is 1. The molecule has 27 heavy (non-hydrogen) atoms. The van der Waals surface area contributed by atoms with Crippen molar-refractivity contribution in [2.45, 2.75) is 32.0 Å². The van der Waals surface area contributed by atoms with Crippen molar-refractivity contribution in [2.75, 3.05) is 0 Å². The third-order valence-electron chi connectivity index (χ3n) is 5.03. The first-order valence-electron chi connectivity index (χ1n) is 8.93. The molecule has 3 aromatic rings. The lowest BCUT2D eigenvalue weighted by Gasteiger charge is -2.32. The van der Waals surface area contributed by atoms with Gasteiger partial charge in [0.05, 0.1) is 17.8 Å². The van der Waals surface area contributed by atoms with E-state index in [1.165, 1.54) is 9.36 Å². The minimum Gasteiger partial charge on any atom is -0.391 e. The van der Waals surface area contributed by atoms with Gasteiger partial charge in [0.1, 0.15) is 6.04 Å². The average Bonchev–Trinajstić information content (AvgIpc) is 2.93. The Labute approximate surface area is 156 Å². The number of hydrogen-bond donors (Lipinski definition) is 1. The number of aromatic nitrogens is 3. The zero-order valence-electron chi connectivity index (χ0n) is 15.2. The monoisotopic (exact) mass is 363 g/mol. The summed E-state index contributed by atoms with van der Waals surface area (Å²) >= 11 is 0. The Hall–Kier alpha value is -3.12. The molecule has 1 N–H and O–H groups in total. The third kappa shape index (κ3) is 2.69. The van der Waals surface area contributed by atoms with E-state index >= 15 is 0 Å². The molecule has 2 aromatic carbocycles. The quantitative estimate of drug-likeness (QED) is 0.726. The highest BCUT2D eigenvalue weighted by Crippen LogP contribution is 2.31. The van der Waals surface area contributed by atoms with E-state index in [4.69, 9.17) is 0 Å². The summed E-state index contributed by atoms with van der Waals surface area (Å²) in [4.78, 5) is 26.5. The van der Waals surface area contributed by atoms with Gasteiger partial charge in [-0.2, -0.15) is 0 Å². The Kier molecular flexibility index (Phi) is 4.20. The van der Waals surface area contributed by atoms with Crippen LogP contribution in [0.5, 0.6) is 0 Å². The summed E-state index contributed by atoms with van der Waals surface area (Å²) in [6, 6.07) is 17.4. The van der Waals surface area contributed by atoms with Gasteiger partial charge in [-0.25, -0.2) is 23.5 Å². The highest BCUT2D eigenvalue weighted by atomic mass is 16.3. The summed E-state index contributed by atoms with van der Waals surface area (Å²) in [6.45, 7) is 3.51. The molecule has 0 amide bonds. The fraction of sp³-hybridized carbons (Fsp3) is 0.238. The van der Waals surface area contributed by atoms with Gasteiger partial charge >= 0.3 is 11.4 Å². The van der Waals surface area contributed by atoms with E-state index in [2.05, 4.69) is 0 Å². The molecule has 4 rings (SSSR count). The van der Waals surface area contributed by atoms with E-state index in [0.29, 0.717) is 5.69 Å². The van der Waals surface area contributed by atoms with Gasteiger partial charge in [-0.1, -0.05) is 54.6 Å². The third-order valence-corrected chi connectivity index (χ3v) is 5.03. The highest BCUT2D eigenvalue weighted by Gasteiger charge is 2.34. The first-order valence-corrected chi connectivity index (χ1v) is 8.93. The molecule has 0 saturated heterocycles. The van der Waals surface area contributed by atoms with E-state index < -0.39 is 29.6 Å². The molecule has 3 atom stereocenters. The number of aliphatic hydroxyl groups excluding tert-OH is 1. The number of rotatable bonds is 3. The lowest BCUT2D eigenvalue weighted by Crippen LogP contribution is -2.41. The minimum absolute atomic E-state index is 0.411. The van der Waals surface area contributed by atoms with Gasteiger partial charge in [0.25, 0.3) is 0 Å². The van der Waals surface area contributed by atoms with Crippen LogP contribution in [0.3, 0.4) is 0 Å². The van der Waals surface area contributed by atoms with Gasteiger partial charge in [-0.05, 0) is 37.1 Å². The summed E-state index contributed by atoms with van der Waals surface area (Å²) < 4.78 is 4.01. The number of nitrogens with zero attached hydrogens (tertiary/aromatic N) is 3. The van der Waals surface area contributed by atoms with E-state index in [1.54, 1.807) is 31.2 Å². The zero-order chi connectivity index (χ0) is 19.1. The van der Waals surface area contributed by atoms with Crippen molar-refractivity contribution in [2.24, 2.45) is 0 Å². The Morgan fingerprint density at radius 3 is 2.04 bits per heavy atom. The Balaban J connectivity index is 2.04. The fourth-order valence-corrected chi connectivity index (χ4v) is 3.86. The second kappa shape index (κ2) is 6.55. The van der Waals surface area contributed by atoms with Crippen molar-refractivity contribution < 1.29 is 5.11 Å². The smallest absolute Gasteiger partial charge is 0.352 e. The fourth-order valence-electron chi connectivity index (χ4n) is 3.86. The maximum Gasteiger partial charge on any atom is 0.352 e. The molecule has 0 unspecified atom stereocenters. The zero-order valence-corrected chi connectivity index (χ0v) is 15.2. The minimum atomic E-state index is -0.812. The lowest BCUT2D eigenvalue weighted by molar-refractivity contribution is 0.123. The SMILES string of the molecule is CC1=C[C@H](c2ccccc2)n2c(=O)n(-c3ccccc3)c(=O)n2[C@@H]1[C@H](C)O. The molecule has 1 aliphatic rings. The maximum atomic E-state index is 13.3. The summed E-state index contributed by atoms with van der Waals surface area (Å²) in [7, 11) is 0. The average molecular weight is 363 g/mol. The van der Waals surface area contributed by atoms with Crippen molar-refractivity contribution in [3.05, 3.63) is 98.8 Å². The van der Waals surface area contributed by atoms with Gasteiger partial charge in [0.15, 0.2) is 0 Å². The van der Waals surface area contributed by atoms with Crippen LogP contribution in [-0.4, -0.2) is 25.1 Å². The molecule has 2 heterocycles. The molecule has 138 valence electrons. The standard InChI is InChI=1S/C21H21N3O3/c1-14-13-18(16-9-5-3-6-10-16)23-20(26)22(17-11-7-4-8-12-17)21(27)24(23)19(14)15(2)25/h3-13,15,18-19,25H,1-2H3/t15-,18+,19-/m0/s1. The van der Waals surface area contributed by atoms with Gasteiger partial charge in [-0.3, -0.25) is 0 Å². The number of allylic oxidation sites excluding steroid dienone is 1. The first kappa shape index (κ1) is 17.3. The summed E-state index contributed by atoms with van der Waals surface area (Å²) in [5.41, 5.74) is 1.39. The Bertz CT molecular complexity index is 1110. The van der Waals surface area contributed by atoms with Gasteiger partial charge in [-0.15, -0.1) is 0 Å². The lowest BCUT2D eigenvalue weighted by atomic mass is 9.96. The normalized spacial score (nSPS) is 20.0. The largest absolute Gasteiger partial charge is 0.391 e. The predicted octanol–water partition coefficient (Wildman–Crippen LogP) is 2.27. The highest BCUT2D eigenvalue weighted by molar-refractivity contribution is 5.33. The maximum absolute atomic E-state index is 13.3.